The lowest BCUT2D eigenvalue weighted by atomic mass is 10.1. The Morgan fingerprint density at radius 3 is 2.58 bits per heavy atom. The first kappa shape index (κ1) is 17.1. The topological polar surface area (TPSA) is 37.8 Å². The van der Waals surface area contributed by atoms with Gasteiger partial charge in [0.15, 0.2) is 11.6 Å². The SMILES string of the molecule is Cc1cc2c(N[C@@H]3C[C@H]3c3ccc(F)c(F)c3)nc(C(F)(F)F)nc2s1. The molecule has 2 heterocycles. The molecule has 9 heteroatoms. The Labute approximate surface area is 148 Å². The number of thiophene rings is 1. The van der Waals surface area contributed by atoms with Gasteiger partial charge in [0.05, 0.1) is 5.39 Å². The van der Waals surface area contributed by atoms with E-state index in [1.54, 1.807) is 13.0 Å². The molecule has 1 fully saturated rings. The number of aromatic nitrogens is 2. The van der Waals surface area contributed by atoms with E-state index in [2.05, 4.69) is 15.3 Å². The van der Waals surface area contributed by atoms with Crippen LogP contribution < -0.4 is 5.32 Å². The van der Waals surface area contributed by atoms with Crippen LogP contribution in [-0.2, 0) is 6.18 Å². The van der Waals surface area contributed by atoms with Crippen LogP contribution >= 0.6 is 11.3 Å². The number of alkyl halides is 3. The summed E-state index contributed by atoms with van der Waals surface area (Å²) in [4.78, 5) is 8.34. The molecule has 1 aliphatic carbocycles. The standard InChI is InChI=1S/C17H12F5N3S/c1-7-4-10-14(24-16(17(20,21)22)25-15(10)26-7)23-13-6-9(13)8-2-3-11(18)12(19)5-8/h2-5,9,13H,6H2,1H3,(H,23,24,25)/t9-,13+/m0/s1. The lowest BCUT2D eigenvalue weighted by Gasteiger charge is -2.10. The molecule has 0 spiro atoms. The third-order valence-corrected chi connectivity index (χ3v) is 5.20. The van der Waals surface area contributed by atoms with Crippen molar-refractivity contribution >= 4 is 27.4 Å². The van der Waals surface area contributed by atoms with Crippen molar-refractivity contribution in [2.24, 2.45) is 0 Å². The van der Waals surface area contributed by atoms with Gasteiger partial charge in [-0.1, -0.05) is 6.07 Å². The number of fused-ring (bicyclic) bond motifs is 1. The predicted molar refractivity (Wildman–Crippen MR) is 88.3 cm³/mol. The van der Waals surface area contributed by atoms with Crippen molar-refractivity contribution in [2.45, 2.75) is 31.5 Å². The van der Waals surface area contributed by atoms with Gasteiger partial charge in [-0.25, -0.2) is 18.7 Å². The van der Waals surface area contributed by atoms with Gasteiger partial charge in [-0.05, 0) is 37.1 Å². The van der Waals surface area contributed by atoms with E-state index < -0.39 is 23.6 Å². The fourth-order valence-corrected chi connectivity index (χ4v) is 3.80. The lowest BCUT2D eigenvalue weighted by molar-refractivity contribution is -0.144. The normalized spacial score (nSPS) is 19.8. The molecular weight excluding hydrogens is 373 g/mol. The van der Waals surface area contributed by atoms with Crippen LogP contribution in [0.5, 0.6) is 0 Å². The average Bonchev–Trinajstić information content (AvgIpc) is 3.20. The molecule has 0 radical (unpaired) electrons. The van der Waals surface area contributed by atoms with Gasteiger partial charge in [0, 0.05) is 16.8 Å². The first-order valence-corrected chi connectivity index (χ1v) is 8.61. The minimum Gasteiger partial charge on any atom is -0.366 e. The highest BCUT2D eigenvalue weighted by Gasteiger charge is 2.41. The van der Waals surface area contributed by atoms with Crippen LogP contribution in [0.25, 0.3) is 10.2 Å². The third kappa shape index (κ3) is 3.11. The van der Waals surface area contributed by atoms with Crippen LogP contribution in [0.3, 0.4) is 0 Å². The molecule has 2 atom stereocenters. The average molecular weight is 385 g/mol. The van der Waals surface area contributed by atoms with E-state index in [0.717, 1.165) is 28.3 Å². The molecule has 0 aliphatic heterocycles. The van der Waals surface area contributed by atoms with Crippen molar-refractivity contribution in [3.8, 4) is 0 Å². The number of aryl methyl sites for hydroxylation is 1. The van der Waals surface area contributed by atoms with E-state index in [1.165, 1.54) is 6.07 Å². The van der Waals surface area contributed by atoms with Gasteiger partial charge in [-0.3, -0.25) is 0 Å². The molecule has 1 aliphatic rings. The predicted octanol–water partition coefficient (Wildman–Crippen LogP) is 5.26. The zero-order valence-corrected chi connectivity index (χ0v) is 14.2. The summed E-state index contributed by atoms with van der Waals surface area (Å²) in [6, 6.07) is 5.19. The maximum absolute atomic E-state index is 13.4. The quantitative estimate of drug-likeness (QED) is 0.625. The Hall–Kier alpha value is -2.29. The molecule has 0 amide bonds. The van der Waals surface area contributed by atoms with Crippen molar-refractivity contribution in [3.63, 3.8) is 0 Å². The first-order chi connectivity index (χ1) is 12.2. The second kappa shape index (κ2) is 5.87. The molecular formula is C17H12F5N3S. The van der Waals surface area contributed by atoms with Crippen LogP contribution in [0.15, 0.2) is 24.3 Å². The van der Waals surface area contributed by atoms with Gasteiger partial charge in [-0.15, -0.1) is 11.3 Å². The Morgan fingerprint density at radius 2 is 1.88 bits per heavy atom. The van der Waals surface area contributed by atoms with E-state index in [1.807, 2.05) is 0 Å². The molecule has 1 saturated carbocycles. The summed E-state index contributed by atoms with van der Waals surface area (Å²) in [5.41, 5.74) is 0.601. The highest BCUT2D eigenvalue weighted by Crippen LogP contribution is 2.44. The van der Waals surface area contributed by atoms with E-state index in [9.17, 15) is 22.0 Å². The number of rotatable bonds is 3. The van der Waals surface area contributed by atoms with Crippen molar-refractivity contribution in [2.75, 3.05) is 5.32 Å². The Morgan fingerprint density at radius 1 is 1.12 bits per heavy atom. The van der Waals surface area contributed by atoms with Gasteiger partial charge in [-0.2, -0.15) is 13.2 Å². The minimum absolute atomic E-state index is 0.107. The molecule has 1 aromatic carbocycles. The molecule has 4 rings (SSSR count). The molecule has 26 heavy (non-hydrogen) atoms. The molecule has 3 aromatic rings. The Bertz CT molecular complexity index is 998. The fourth-order valence-electron chi connectivity index (χ4n) is 2.92. The van der Waals surface area contributed by atoms with E-state index >= 15 is 0 Å². The zero-order valence-electron chi connectivity index (χ0n) is 13.4. The summed E-state index contributed by atoms with van der Waals surface area (Å²) in [5.74, 6) is -3.06. The second-order valence-electron chi connectivity index (χ2n) is 6.24. The van der Waals surface area contributed by atoms with Crippen molar-refractivity contribution < 1.29 is 22.0 Å². The summed E-state index contributed by atoms with van der Waals surface area (Å²) in [6.07, 6.45) is -4.05. The van der Waals surface area contributed by atoms with Gasteiger partial charge >= 0.3 is 6.18 Å². The highest BCUT2D eigenvalue weighted by atomic mass is 32.1. The van der Waals surface area contributed by atoms with Crippen molar-refractivity contribution in [1.82, 2.24) is 9.97 Å². The molecule has 2 aromatic heterocycles. The number of anilines is 1. The van der Waals surface area contributed by atoms with Crippen LogP contribution in [0.4, 0.5) is 27.8 Å². The summed E-state index contributed by atoms with van der Waals surface area (Å²) in [5, 5.41) is 3.53. The van der Waals surface area contributed by atoms with Crippen molar-refractivity contribution in [3.05, 3.63) is 52.2 Å². The highest BCUT2D eigenvalue weighted by molar-refractivity contribution is 7.18. The number of benzene rings is 1. The minimum atomic E-state index is -4.65. The molecule has 1 N–H and O–H groups in total. The summed E-state index contributed by atoms with van der Waals surface area (Å²) in [7, 11) is 0. The number of nitrogens with one attached hydrogen (secondary N) is 1. The number of hydrogen-bond acceptors (Lipinski definition) is 4. The van der Waals surface area contributed by atoms with Crippen LogP contribution in [0.1, 0.15) is 28.6 Å². The maximum atomic E-state index is 13.4. The number of nitrogens with zero attached hydrogens (tertiary/aromatic N) is 2. The molecule has 0 bridgehead atoms. The number of hydrogen-bond donors (Lipinski definition) is 1. The molecule has 136 valence electrons. The summed E-state index contributed by atoms with van der Waals surface area (Å²) < 4.78 is 65.6. The first-order valence-electron chi connectivity index (χ1n) is 7.79. The molecule has 3 nitrogen and oxygen atoms in total. The smallest absolute Gasteiger partial charge is 0.366 e. The van der Waals surface area contributed by atoms with Gasteiger partial charge in [0.2, 0.25) is 5.82 Å². The van der Waals surface area contributed by atoms with Crippen molar-refractivity contribution in [1.29, 1.82) is 0 Å². The maximum Gasteiger partial charge on any atom is 0.451 e. The van der Waals surface area contributed by atoms with Crippen LogP contribution in [0, 0.1) is 18.6 Å². The van der Waals surface area contributed by atoms with E-state index in [4.69, 9.17) is 0 Å². The van der Waals surface area contributed by atoms with Gasteiger partial charge in [0.25, 0.3) is 0 Å². The van der Waals surface area contributed by atoms with E-state index in [-0.39, 0.29) is 22.6 Å². The largest absolute Gasteiger partial charge is 0.451 e. The van der Waals surface area contributed by atoms with Crippen LogP contribution in [0.2, 0.25) is 0 Å². The molecule has 0 saturated heterocycles. The van der Waals surface area contributed by atoms with Gasteiger partial charge in [0.1, 0.15) is 10.6 Å². The monoisotopic (exact) mass is 385 g/mol. The zero-order chi connectivity index (χ0) is 18.6. The second-order valence-corrected chi connectivity index (χ2v) is 7.47. The van der Waals surface area contributed by atoms with Gasteiger partial charge < -0.3 is 5.32 Å². The lowest BCUT2D eigenvalue weighted by Crippen LogP contribution is -2.14. The number of halogens is 5. The Balaban J connectivity index is 1.64. The van der Waals surface area contributed by atoms with Crippen LogP contribution in [-0.4, -0.2) is 16.0 Å². The molecule has 0 unspecified atom stereocenters. The Kier molecular flexibility index (Phi) is 3.87. The summed E-state index contributed by atoms with van der Waals surface area (Å²) in [6.45, 7) is 1.78. The fraction of sp³-hybridized carbons (Fsp3) is 0.294. The third-order valence-electron chi connectivity index (χ3n) is 4.25. The van der Waals surface area contributed by atoms with E-state index in [0.29, 0.717) is 17.4 Å². The summed E-state index contributed by atoms with van der Waals surface area (Å²) >= 11 is 1.16.